The van der Waals surface area contributed by atoms with Crippen molar-refractivity contribution in [3.05, 3.63) is 24.3 Å². The number of carbonyl (C=O) groups excluding carboxylic acids is 2. The standard InChI is InChI=1S/C7H6O3/c8-5-10-7-4-2-1-3-6(7)9/h1-5,7H. The molecule has 3 nitrogen and oxygen atoms in total. The third kappa shape index (κ3) is 1.31. The van der Waals surface area contributed by atoms with Crippen molar-refractivity contribution in [3.8, 4) is 0 Å². The van der Waals surface area contributed by atoms with Crippen LogP contribution in [0.4, 0.5) is 0 Å². The first-order valence-electron chi connectivity index (χ1n) is 2.82. The minimum absolute atomic E-state index is 0.199. The molecule has 0 aliphatic heterocycles. The van der Waals surface area contributed by atoms with E-state index in [1.807, 2.05) is 0 Å². The average Bonchev–Trinajstić information content (AvgIpc) is 1.94. The Bertz CT molecular complexity index is 203. The van der Waals surface area contributed by atoms with Crippen molar-refractivity contribution in [2.24, 2.45) is 0 Å². The second-order valence-electron chi connectivity index (χ2n) is 1.80. The molecule has 0 spiro atoms. The Morgan fingerprint density at radius 3 is 2.90 bits per heavy atom. The van der Waals surface area contributed by atoms with Crippen LogP contribution in [0.15, 0.2) is 24.3 Å². The van der Waals surface area contributed by atoms with E-state index in [0.29, 0.717) is 0 Å². The van der Waals surface area contributed by atoms with E-state index >= 15 is 0 Å². The lowest BCUT2D eigenvalue weighted by molar-refractivity contribution is -0.138. The zero-order valence-corrected chi connectivity index (χ0v) is 5.19. The minimum atomic E-state index is -0.706. The Morgan fingerprint density at radius 1 is 1.50 bits per heavy atom. The number of carbonyl (C=O) groups is 2. The van der Waals surface area contributed by atoms with Gasteiger partial charge in [-0.05, 0) is 12.2 Å². The molecule has 1 aliphatic carbocycles. The third-order valence-corrected chi connectivity index (χ3v) is 1.14. The van der Waals surface area contributed by atoms with E-state index in [1.54, 1.807) is 12.2 Å². The normalized spacial score (nSPS) is 22.8. The van der Waals surface area contributed by atoms with Crippen LogP contribution < -0.4 is 0 Å². The van der Waals surface area contributed by atoms with Crippen LogP contribution in [-0.2, 0) is 14.3 Å². The van der Waals surface area contributed by atoms with Crippen LogP contribution in [0.25, 0.3) is 0 Å². The summed E-state index contributed by atoms with van der Waals surface area (Å²) < 4.78 is 4.43. The van der Waals surface area contributed by atoms with Gasteiger partial charge in [0.25, 0.3) is 6.47 Å². The predicted octanol–water partition coefficient (Wildman–Crippen LogP) is 0.223. The molecule has 0 bridgehead atoms. The van der Waals surface area contributed by atoms with Gasteiger partial charge in [-0.2, -0.15) is 0 Å². The van der Waals surface area contributed by atoms with Gasteiger partial charge >= 0.3 is 0 Å². The predicted molar refractivity (Wildman–Crippen MR) is 34.2 cm³/mol. The largest absolute Gasteiger partial charge is 0.452 e. The Morgan fingerprint density at radius 2 is 2.30 bits per heavy atom. The zero-order valence-electron chi connectivity index (χ0n) is 5.19. The van der Waals surface area contributed by atoms with E-state index < -0.39 is 6.10 Å². The van der Waals surface area contributed by atoms with Crippen molar-refractivity contribution in [1.82, 2.24) is 0 Å². The summed E-state index contributed by atoms with van der Waals surface area (Å²) >= 11 is 0. The van der Waals surface area contributed by atoms with Crippen LogP contribution >= 0.6 is 0 Å². The molecule has 10 heavy (non-hydrogen) atoms. The van der Waals surface area contributed by atoms with Gasteiger partial charge in [-0.15, -0.1) is 0 Å². The van der Waals surface area contributed by atoms with Gasteiger partial charge in [0, 0.05) is 0 Å². The smallest absolute Gasteiger partial charge is 0.294 e. The van der Waals surface area contributed by atoms with Crippen LogP contribution in [0.5, 0.6) is 0 Å². The summed E-state index contributed by atoms with van der Waals surface area (Å²) in [5.74, 6) is -0.199. The molecule has 1 aliphatic rings. The zero-order chi connectivity index (χ0) is 7.40. The Balaban J connectivity index is 2.60. The summed E-state index contributed by atoms with van der Waals surface area (Å²) in [4.78, 5) is 20.5. The molecule has 0 radical (unpaired) electrons. The SMILES string of the molecule is O=COC1C=CC=CC1=O. The second-order valence-corrected chi connectivity index (χ2v) is 1.80. The van der Waals surface area contributed by atoms with Gasteiger partial charge in [0.1, 0.15) is 0 Å². The summed E-state index contributed by atoms with van der Waals surface area (Å²) in [5, 5.41) is 0. The van der Waals surface area contributed by atoms with Crippen LogP contribution in [0.1, 0.15) is 0 Å². The number of ketones is 1. The van der Waals surface area contributed by atoms with Gasteiger partial charge in [0.15, 0.2) is 11.9 Å². The van der Waals surface area contributed by atoms with Crippen molar-refractivity contribution < 1.29 is 14.3 Å². The highest BCUT2D eigenvalue weighted by Gasteiger charge is 2.14. The molecule has 0 fully saturated rings. The second kappa shape index (κ2) is 2.96. The molecule has 0 N–H and O–H groups in total. The van der Waals surface area contributed by atoms with E-state index in [9.17, 15) is 9.59 Å². The number of hydrogen-bond acceptors (Lipinski definition) is 3. The van der Waals surface area contributed by atoms with Crippen molar-refractivity contribution in [3.63, 3.8) is 0 Å². The maximum Gasteiger partial charge on any atom is 0.294 e. The van der Waals surface area contributed by atoms with E-state index in [1.165, 1.54) is 12.2 Å². The summed E-state index contributed by atoms with van der Waals surface area (Å²) in [7, 11) is 0. The number of ether oxygens (including phenoxy) is 1. The fourth-order valence-corrected chi connectivity index (χ4v) is 0.677. The average molecular weight is 138 g/mol. The number of allylic oxidation sites excluding steroid dienone is 2. The molecule has 1 rings (SSSR count). The van der Waals surface area contributed by atoms with E-state index in [0.717, 1.165) is 0 Å². The van der Waals surface area contributed by atoms with Crippen molar-refractivity contribution in [2.75, 3.05) is 0 Å². The van der Waals surface area contributed by atoms with Crippen molar-refractivity contribution in [2.45, 2.75) is 6.10 Å². The molecule has 0 amide bonds. The number of rotatable bonds is 2. The maximum atomic E-state index is 10.8. The molecule has 0 saturated carbocycles. The molecular weight excluding hydrogens is 132 g/mol. The maximum absolute atomic E-state index is 10.8. The fourth-order valence-electron chi connectivity index (χ4n) is 0.677. The molecule has 1 atom stereocenters. The summed E-state index contributed by atoms with van der Waals surface area (Å²) in [6, 6.07) is 0. The summed E-state index contributed by atoms with van der Waals surface area (Å²) in [5.41, 5.74) is 0. The monoisotopic (exact) mass is 138 g/mol. The highest BCUT2D eigenvalue weighted by atomic mass is 16.5. The van der Waals surface area contributed by atoms with Gasteiger partial charge in [0.2, 0.25) is 0 Å². The van der Waals surface area contributed by atoms with Gasteiger partial charge in [0.05, 0.1) is 0 Å². The van der Waals surface area contributed by atoms with Gasteiger partial charge < -0.3 is 4.74 Å². The molecular formula is C7H6O3. The van der Waals surface area contributed by atoms with E-state index in [2.05, 4.69) is 4.74 Å². The lowest BCUT2D eigenvalue weighted by Crippen LogP contribution is -2.20. The first kappa shape index (κ1) is 6.74. The molecule has 0 saturated heterocycles. The van der Waals surface area contributed by atoms with Crippen molar-refractivity contribution in [1.29, 1.82) is 0 Å². The molecule has 0 aromatic rings. The lowest BCUT2D eigenvalue weighted by Gasteiger charge is -2.07. The van der Waals surface area contributed by atoms with Crippen LogP contribution in [0.3, 0.4) is 0 Å². The van der Waals surface area contributed by atoms with Crippen LogP contribution in [-0.4, -0.2) is 18.4 Å². The first-order valence-corrected chi connectivity index (χ1v) is 2.82. The Hall–Kier alpha value is -1.38. The quantitative estimate of drug-likeness (QED) is 0.513. The fraction of sp³-hybridized carbons (Fsp3) is 0.143. The van der Waals surface area contributed by atoms with Crippen LogP contribution in [0, 0.1) is 0 Å². The minimum Gasteiger partial charge on any atom is -0.452 e. The molecule has 3 heteroatoms. The van der Waals surface area contributed by atoms with Gasteiger partial charge in [-0.1, -0.05) is 12.2 Å². The topological polar surface area (TPSA) is 43.4 Å². The van der Waals surface area contributed by atoms with Gasteiger partial charge in [-0.25, -0.2) is 0 Å². The Labute approximate surface area is 58.0 Å². The highest BCUT2D eigenvalue weighted by molar-refractivity contribution is 5.96. The summed E-state index contributed by atoms with van der Waals surface area (Å²) in [6.07, 6.45) is 5.45. The molecule has 0 aromatic heterocycles. The van der Waals surface area contributed by atoms with Gasteiger partial charge in [-0.3, -0.25) is 9.59 Å². The molecule has 52 valence electrons. The van der Waals surface area contributed by atoms with E-state index in [4.69, 9.17) is 0 Å². The lowest BCUT2D eigenvalue weighted by atomic mass is 10.1. The highest BCUT2D eigenvalue weighted by Crippen LogP contribution is 2.01. The van der Waals surface area contributed by atoms with E-state index in [-0.39, 0.29) is 12.3 Å². The first-order chi connectivity index (χ1) is 4.84. The number of hydrogen-bond donors (Lipinski definition) is 0. The van der Waals surface area contributed by atoms with Crippen molar-refractivity contribution >= 4 is 12.3 Å². The third-order valence-electron chi connectivity index (χ3n) is 1.14. The molecule has 1 unspecified atom stereocenters. The summed E-state index contributed by atoms with van der Waals surface area (Å²) in [6.45, 7) is 0.270. The Kier molecular flexibility index (Phi) is 1.99. The molecule has 0 aromatic carbocycles. The molecule has 0 heterocycles. The van der Waals surface area contributed by atoms with Crippen LogP contribution in [0.2, 0.25) is 0 Å².